The van der Waals surface area contributed by atoms with E-state index in [1.165, 1.54) is 20.0 Å². The minimum atomic E-state index is -0.105. The van der Waals surface area contributed by atoms with Crippen LogP contribution in [0.5, 0.6) is 0 Å². The molecule has 7 heteroatoms. The van der Waals surface area contributed by atoms with Gasteiger partial charge in [-0.2, -0.15) is 0 Å². The van der Waals surface area contributed by atoms with Gasteiger partial charge in [0.1, 0.15) is 0 Å². The number of carbonyl (C=O) groups excluding carboxylic acids is 2. The molecule has 0 unspecified atom stereocenters. The Bertz CT molecular complexity index is 477. The van der Waals surface area contributed by atoms with Crippen molar-refractivity contribution >= 4 is 24.4 Å². The number of rotatable bonds is 7. The van der Waals surface area contributed by atoms with E-state index in [2.05, 4.69) is 15.1 Å². The van der Waals surface area contributed by atoms with Crippen molar-refractivity contribution in [3.05, 3.63) is 0 Å². The normalized spacial score (nSPS) is 26.8. The van der Waals surface area contributed by atoms with Crippen LogP contribution >= 0.6 is 12.4 Å². The molecule has 1 N–H and O–H groups in total. The Labute approximate surface area is 169 Å². The smallest absolute Gasteiger partial charge is 0.320 e. The molecular formula is C20H36ClN3O3. The highest BCUT2D eigenvalue weighted by Gasteiger charge is 2.35. The fourth-order valence-electron chi connectivity index (χ4n) is 4.83. The number of esters is 1. The van der Waals surface area contributed by atoms with Crippen molar-refractivity contribution < 1.29 is 14.3 Å². The lowest BCUT2D eigenvalue weighted by atomic mass is 9.83. The zero-order chi connectivity index (χ0) is 18.4. The largest absolute Gasteiger partial charge is 0.469 e. The standard InChI is InChI=1S/C20H35N3O3.ClH/c1-26-19(24)7-4-16-2-5-18(6-3-16)23-15-14-22(20(23)25)13-10-17-8-11-21-12-9-17;/h16-18,21H,2-15H2,1H3;1H. The average Bonchev–Trinajstić information content (AvgIpc) is 3.06. The molecule has 2 saturated heterocycles. The first-order chi connectivity index (χ1) is 12.7. The third-order valence-electron chi connectivity index (χ3n) is 6.63. The fraction of sp³-hybridized carbons (Fsp3) is 0.900. The van der Waals surface area contributed by atoms with E-state index < -0.39 is 0 Å². The SMILES string of the molecule is COC(=O)CCC1CCC(N2CCN(CCC3CCNCC3)C2=O)CC1.Cl. The molecule has 1 saturated carbocycles. The molecule has 2 heterocycles. The van der Waals surface area contributed by atoms with Gasteiger partial charge in [0.2, 0.25) is 0 Å². The first-order valence-corrected chi connectivity index (χ1v) is 10.5. The van der Waals surface area contributed by atoms with Crippen LogP contribution in [0.1, 0.15) is 57.8 Å². The minimum absolute atomic E-state index is 0. The Kier molecular flexibility index (Phi) is 9.16. The maximum atomic E-state index is 12.8. The summed E-state index contributed by atoms with van der Waals surface area (Å²) in [4.78, 5) is 28.3. The summed E-state index contributed by atoms with van der Waals surface area (Å²) in [7, 11) is 1.45. The lowest BCUT2D eigenvalue weighted by Crippen LogP contribution is -2.41. The van der Waals surface area contributed by atoms with Gasteiger partial charge in [-0.25, -0.2) is 4.79 Å². The van der Waals surface area contributed by atoms with Crippen LogP contribution < -0.4 is 5.32 Å². The second-order valence-corrected chi connectivity index (χ2v) is 8.23. The van der Waals surface area contributed by atoms with Crippen molar-refractivity contribution in [2.24, 2.45) is 11.8 Å². The Morgan fingerprint density at radius 1 is 1.04 bits per heavy atom. The summed E-state index contributed by atoms with van der Waals surface area (Å²) >= 11 is 0. The number of nitrogens with one attached hydrogen (secondary N) is 1. The van der Waals surface area contributed by atoms with Crippen molar-refractivity contribution in [2.75, 3.05) is 39.8 Å². The Balaban J connectivity index is 0.00000261. The summed E-state index contributed by atoms with van der Waals surface area (Å²) in [5, 5.41) is 3.41. The van der Waals surface area contributed by atoms with Gasteiger partial charge in [0.15, 0.2) is 0 Å². The van der Waals surface area contributed by atoms with E-state index in [4.69, 9.17) is 4.74 Å². The summed E-state index contributed by atoms with van der Waals surface area (Å²) in [5.74, 6) is 1.29. The summed E-state index contributed by atoms with van der Waals surface area (Å²) in [6.07, 6.45) is 9.53. The zero-order valence-corrected chi connectivity index (χ0v) is 17.5. The van der Waals surface area contributed by atoms with Crippen LogP contribution in [0.3, 0.4) is 0 Å². The number of hydrogen-bond donors (Lipinski definition) is 1. The molecule has 0 bridgehead atoms. The number of ether oxygens (including phenoxy) is 1. The van der Waals surface area contributed by atoms with Crippen LogP contribution in [0.25, 0.3) is 0 Å². The number of methoxy groups -OCH3 is 1. The number of halogens is 1. The molecule has 27 heavy (non-hydrogen) atoms. The predicted molar refractivity (Wildman–Crippen MR) is 108 cm³/mol. The van der Waals surface area contributed by atoms with Gasteiger partial charge in [0.25, 0.3) is 0 Å². The summed E-state index contributed by atoms with van der Waals surface area (Å²) in [6.45, 7) is 4.97. The van der Waals surface area contributed by atoms with E-state index in [9.17, 15) is 9.59 Å². The highest BCUT2D eigenvalue weighted by atomic mass is 35.5. The van der Waals surface area contributed by atoms with Gasteiger partial charge in [0, 0.05) is 32.1 Å². The molecule has 3 aliphatic rings. The Hall–Kier alpha value is -1.01. The van der Waals surface area contributed by atoms with Crippen molar-refractivity contribution in [1.29, 1.82) is 0 Å². The monoisotopic (exact) mass is 401 g/mol. The number of urea groups is 1. The minimum Gasteiger partial charge on any atom is -0.469 e. The third kappa shape index (κ3) is 6.24. The number of piperidine rings is 1. The number of carbonyl (C=O) groups is 2. The highest BCUT2D eigenvalue weighted by molar-refractivity contribution is 5.85. The van der Waals surface area contributed by atoms with Crippen molar-refractivity contribution in [3.8, 4) is 0 Å². The highest BCUT2D eigenvalue weighted by Crippen LogP contribution is 2.32. The van der Waals surface area contributed by atoms with Gasteiger partial charge in [0.05, 0.1) is 7.11 Å². The lowest BCUT2D eigenvalue weighted by molar-refractivity contribution is -0.141. The molecule has 3 fully saturated rings. The Morgan fingerprint density at radius 2 is 1.70 bits per heavy atom. The van der Waals surface area contributed by atoms with Crippen LogP contribution in [0.15, 0.2) is 0 Å². The van der Waals surface area contributed by atoms with E-state index in [1.807, 2.05) is 0 Å². The van der Waals surface area contributed by atoms with Crippen LogP contribution in [0.2, 0.25) is 0 Å². The van der Waals surface area contributed by atoms with E-state index in [-0.39, 0.29) is 24.4 Å². The van der Waals surface area contributed by atoms with Crippen molar-refractivity contribution in [1.82, 2.24) is 15.1 Å². The average molecular weight is 402 g/mol. The van der Waals surface area contributed by atoms with Crippen LogP contribution in [0, 0.1) is 11.8 Å². The van der Waals surface area contributed by atoms with Gasteiger partial charge < -0.3 is 19.9 Å². The molecule has 0 radical (unpaired) electrons. The summed E-state index contributed by atoms with van der Waals surface area (Å²) in [5.41, 5.74) is 0. The zero-order valence-electron chi connectivity index (χ0n) is 16.7. The third-order valence-corrected chi connectivity index (χ3v) is 6.63. The van der Waals surface area contributed by atoms with Crippen LogP contribution in [-0.2, 0) is 9.53 Å². The summed E-state index contributed by atoms with van der Waals surface area (Å²) in [6, 6.07) is 0.665. The van der Waals surface area contributed by atoms with E-state index in [1.54, 1.807) is 0 Å². The number of hydrogen-bond acceptors (Lipinski definition) is 4. The van der Waals surface area contributed by atoms with E-state index in [0.29, 0.717) is 18.4 Å². The molecule has 0 aromatic rings. The summed E-state index contributed by atoms with van der Waals surface area (Å²) < 4.78 is 4.74. The molecule has 0 atom stereocenters. The van der Waals surface area contributed by atoms with Crippen molar-refractivity contribution in [2.45, 2.75) is 63.8 Å². The predicted octanol–water partition coefficient (Wildman–Crippen LogP) is 3.05. The first kappa shape index (κ1) is 22.3. The second kappa shape index (κ2) is 11.1. The maximum Gasteiger partial charge on any atom is 0.320 e. The molecular weight excluding hydrogens is 366 g/mol. The van der Waals surface area contributed by atoms with E-state index >= 15 is 0 Å². The quantitative estimate of drug-likeness (QED) is 0.666. The van der Waals surface area contributed by atoms with Gasteiger partial charge in [-0.3, -0.25) is 4.79 Å². The van der Waals surface area contributed by atoms with Crippen molar-refractivity contribution in [3.63, 3.8) is 0 Å². The number of amides is 2. The first-order valence-electron chi connectivity index (χ1n) is 10.5. The molecule has 1 aliphatic carbocycles. The molecule has 2 aliphatic heterocycles. The molecule has 0 spiro atoms. The fourth-order valence-corrected chi connectivity index (χ4v) is 4.83. The van der Waals surface area contributed by atoms with Crippen LogP contribution in [-0.4, -0.2) is 67.7 Å². The van der Waals surface area contributed by atoms with Gasteiger partial charge in [-0.15, -0.1) is 12.4 Å². The molecule has 3 rings (SSSR count). The second-order valence-electron chi connectivity index (χ2n) is 8.23. The Morgan fingerprint density at radius 3 is 2.37 bits per heavy atom. The lowest BCUT2D eigenvalue weighted by Gasteiger charge is -2.34. The molecule has 156 valence electrons. The van der Waals surface area contributed by atoms with Gasteiger partial charge in [-0.1, -0.05) is 0 Å². The molecule has 6 nitrogen and oxygen atoms in total. The van der Waals surface area contributed by atoms with Gasteiger partial charge >= 0.3 is 12.0 Å². The maximum absolute atomic E-state index is 12.8. The van der Waals surface area contributed by atoms with E-state index in [0.717, 1.165) is 77.2 Å². The topological polar surface area (TPSA) is 61.9 Å². The molecule has 0 aromatic heterocycles. The molecule has 0 aromatic carbocycles. The molecule has 2 amide bonds. The van der Waals surface area contributed by atoms with Crippen LogP contribution in [0.4, 0.5) is 4.79 Å². The van der Waals surface area contributed by atoms with Gasteiger partial charge in [-0.05, 0) is 76.3 Å². The number of nitrogens with zero attached hydrogens (tertiary/aromatic N) is 2.